The smallest absolute Gasteiger partial charge is 0.0649 e. The molecule has 0 fully saturated rings. The molecule has 0 aromatic heterocycles. The minimum atomic E-state index is 0.750. The molecule has 2 heteroatoms. The lowest BCUT2D eigenvalue weighted by molar-refractivity contribution is 1.14. The number of benzene rings is 1. The average Bonchev–Trinajstić information content (AvgIpc) is 2.46. The van der Waals surface area contributed by atoms with Crippen LogP contribution in [0.5, 0.6) is 0 Å². The Morgan fingerprint density at radius 1 is 0.722 bits per heavy atom. The van der Waals surface area contributed by atoms with Crippen LogP contribution in [-0.2, 0) is 6.42 Å². The molecule has 4 radical (unpaired) electrons. The zero-order valence-corrected chi connectivity index (χ0v) is 13.7. The van der Waals surface area contributed by atoms with Crippen molar-refractivity contribution in [1.82, 2.24) is 0 Å². The van der Waals surface area contributed by atoms with Gasteiger partial charge in [0.25, 0.3) is 0 Å². The van der Waals surface area contributed by atoms with E-state index in [0.29, 0.717) is 0 Å². The molecular formula is C16H32B2. The van der Waals surface area contributed by atoms with E-state index in [1.165, 1.54) is 5.56 Å². The third kappa shape index (κ3) is 36.2. The minimum Gasteiger partial charge on any atom is -0.0915 e. The van der Waals surface area contributed by atoms with Crippen molar-refractivity contribution in [3.63, 3.8) is 0 Å². The summed E-state index contributed by atoms with van der Waals surface area (Å²) in [6.07, 6.45) is 2.64. The molecule has 0 nitrogen and oxygen atoms in total. The van der Waals surface area contributed by atoms with Crippen LogP contribution in [-0.4, -0.2) is 15.7 Å². The molecule has 1 rings (SSSR count). The molecule has 102 valence electrons. The van der Waals surface area contributed by atoms with Gasteiger partial charge in [-0.1, -0.05) is 91.4 Å². The summed E-state index contributed by atoms with van der Waals surface area (Å²) in [7, 11) is 9.69. The van der Waals surface area contributed by atoms with Gasteiger partial charge >= 0.3 is 0 Å². The van der Waals surface area contributed by atoms with E-state index in [0.717, 1.165) is 19.1 Å². The maximum absolute atomic E-state index is 4.85. The largest absolute Gasteiger partial charge is 0.0915 e. The van der Waals surface area contributed by atoms with Gasteiger partial charge in [0.05, 0.1) is 15.7 Å². The fourth-order valence-corrected chi connectivity index (χ4v) is 0.714. The minimum absolute atomic E-state index is 0.750. The first-order valence-corrected chi connectivity index (χ1v) is 7.20. The molecule has 0 amide bonds. The van der Waals surface area contributed by atoms with E-state index >= 15 is 0 Å². The fraction of sp³-hybridized carbons (Fsp3) is 0.625. The highest BCUT2D eigenvalue weighted by Crippen LogP contribution is 1.96. The molecular weight excluding hydrogens is 214 g/mol. The topological polar surface area (TPSA) is 0 Å². The second-order valence-corrected chi connectivity index (χ2v) is 2.66. The highest BCUT2D eigenvalue weighted by Gasteiger charge is 1.79. The Kier molecular flexibility index (Phi) is 52.0. The summed E-state index contributed by atoms with van der Waals surface area (Å²) >= 11 is 0. The summed E-state index contributed by atoms with van der Waals surface area (Å²) in [4.78, 5) is 0. The maximum Gasteiger partial charge on any atom is 0.0649 e. The Morgan fingerprint density at radius 2 is 1.00 bits per heavy atom. The van der Waals surface area contributed by atoms with Gasteiger partial charge in [0.15, 0.2) is 0 Å². The molecule has 0 atom stereocenters. The van der Waals surface area contributed by atoms with Gasteiger partial charge in [-0.05, 0) is 12.0 Å². The third-order valence-electron chi connectivity index (χ3n) is 1.25. The summed E-state index contributed by atoms with van der Waals surface area (Å²) in [6, 6.07) is 10.5. The summed E-state index contributed by atoms with van der Waals surface area (Å²) in [5, 5.41) is 0. The van der Waals surface area contributed by atoms with E-state index in [9.17, 15) is 0 Å². The fourth-order valence-electron chi connectivity index (χ4n) is 0.714. The number of hydrogen-bond donors (Lipinski definition) is 0. The van der Waals surface area contributed by atoms with Crippen LogP contribution < -0.4 is 0 Å². The highest BCUT2D eigenvalue weighted by molar-refractivity contribution is 6.08. The lowest BCUT2D eigenvalue weighted by Crippen LogP contribution is -1.73. The van der Waals surface area contributed by atoms with Gasteiger partial charge in [0.1, 0.15) is 0 Å². The molecule has 0 N–H and O–H groups in total. The molecule has 0 saturated carbocycles. The lowest BCUT2D eigenvalue weighted by Gasteiger charge is -1.89. The van der Waals surface area contributed by atoms with Crippen LogP contribution in [0, 0.1) is 0 Å². The molecule has 0 spiro atoms. The molecule has 0 aliphatic rings. The van der Waals surface area contributed by atoms with E-state index in [2.05, 4.69) is 31.2 Å². The van der Waals surface area contributed by atoms with Crippen molar-refractivity contribution >= 4 is 15.7 Å². The second kappa shape index (κ2) is 36.0. The van der Waals surface area contributed by atoms with Gasteiger partial charge in [-0.2, -0.15) is 0 Å². The first kappa shape index (κ1) is 26.0. The Morgan fingerprint density at radius 3 is 1.17 bits per heavy atom. The average molecular weight is 246 g/mol. The van der Waals surface area contributed by atoms with Crippen molar-refractivity contribution in [2.24, 2.45) is 0 Å². The molecule has 0 aliphatic heterocycles. The zero-order valence-electron chi connectivity index (χ0n) is 13.7. The second-order valence-electron chi connectivity index (χ2n) is 2.66. The van der Waals surface area contributed by atoms with Crippen molar-refractivity contribution in [2.75, 3.05) is 0 Å². The molecule has 0 bridgehead atoms. The van der Waals surface area contributed by atoms with Gasteiger partial charge in [-0.25, -0.2) is 0 Å². The van der Waals surface area contributed by atoms with Crippen LogP contribution in [0.15, 0.2) is 30.3 Å². The maximum atomic E-state index is 4.85. The Bertz CT molecular complexity index is 172. The van der Waals surface area contributed by atoms with Crippen molar-refractivity contribution < 1.29 is 0 Å². The normalized spacial score (nSPS) is 6.61. The third-order valence-corrected chi connectivity index (χ3v) is 1.25. The number of rotatable bonds is 1. The molecule has 0 unspecified atom stereocenters. The predicted octanol–water partition coefficient (Wildman–Crippen LogP) is 5.49. The van der Waals surface area contributed by atoms with Crippen LogP contribution in [0.4, 0.5) is 0 Å². The molecule has 0 saturated heterocycles. The van der Waals surface area contributed by atoms with Gasteiger partial charge < -0.3 is 0 Å². The Balaban J connectivity index is -0.0000000834. The van der Waals surface area contributed by atoms with Crippen LogP contribution in [0.25, 0.3) is 0 Å². The first-order valence-electron chi connectivity index (χ1n) is 7.20. The van der Waals surface area contributed by atoms with Gasteiger partial charge in [-0.15, -0.1) is 0 Å². The molecule has 0 aliphatic carbocycles. The van der Waals surface area contributed by atoms with E-state index in [1.807, 2.05) is 47.6 Å². The summed E-state index contributed by atoms with van der Waals surface area (Å²) in [5.41, 5.74) is 1.41. The van der Waals surface area contributed by atoms with Crippen molar-refractivity contribution in [1.29, 1.82) is 0 Å². The summed E-state index contributed by atoms with van der Waals surface area (Å²) < 4.78 is 0. The quantitative estimate of drug-likeness (QED) is 0.575. The van der Waals surface area contributed by atoms with E-state index in [-0.39, 0.29) is 0 Å². The van der Waals surface area contributed by atoms with Crippen molar-refractivity contribution in [2.45, 2.75) is 67.5 Å². The van der Waals surface area contributed by atoms with E-state index in [4.69, 9.17) is 15.7 Å². The standard InChI is InChI=1S/C8H10.2C2H5B.2C2H6/c1-2-8-6-4-3-5-7-8;2*1-2-3;2*1-2/h3-7H,2H2,1H3;2*2H2,1H3;2*1-2H3. The van der Waals surface area contributed by atoms with Gasteiger partial charge in [-0.3, -0.25) is 0 Å². The van der Waals surface area contributed by atoms with Crippen molar-refractivity contribution in [3.8, 4) is 0 Å². The number of aryl methyl sites for hydroxylation is 1. The van der Waals surface area contributed by atoms with E-state index in [1.54, 1.807) is 0 Å². The molecule has 0 heterocycles. The Labute approximate surface area is 119 Å². The predicted molar refractivity (Wildman–Crippen MR) is 91.0 cm³/mol. The molecule has 1 aromatic carbocycles. The first-order chi connectivity index (χ1) is 8.76. The summed E-state index contributed by atoms with van der Waals surface area (Å²) in [5.74, 6) is 0. The van der Waals surface area contributed by atoms with E-state index < -0.39 is 0 Å². The van der Waals surface area contributed by atoms with Crippen LogP contribution in [0.2, 0.25) is 12.6 Å². The summed E-state index contributed by atoms with van der Waals surface area (Å²) in [6.45, 7) is 14.0. The molecule has 18 heavy (non-hydrogen) atoms. The lowest BCUT2D eigenvalue weighted by atomic mass is 10.1. The highest BCUT2D eigenvalue weighted by atomic mass is 13.9. The van der Waals surface area contributed by atoms with Gasteiger partial charge in [0.2, 0.25) is 0 Å². The SMILES string of the molecule is CC.CC.CCc1ccccc1.[B]CC.[B]CC. The molecule has 1 aromatic rings. The zero-order chi connectivity index (χ0) is 15.2. The van der Waals surface area contributed by atoms with Crippen LogP contribution in [0.1, 0.15) is 54.0 Å². The van der Waals surface area contributed by atoms with Crippen LogP contribution >= 0.6 is 0 Å². The Hall–Kier alpha value is -0.650. The van der Waals surface area contributed by atoms with Gasteiger partial charge in [0, 0.05) is 0 Å². The monoisotopic (exact) mass is 246 g/mol. The van der Waals surface area contributed by atoms with Crippen molar-refractivity contribution in [3.05, 3.63) is 35.9 Å². The number of hydrogen-bond acceptors (Lipinski definition) is 0. The van der Waals surface area contributed by atoms with Crippen LogP contribution in [0.3, 0.4) is 0 Å².